The standard InChI is InChI=1S/C25H14Br2N2O.C14H6Br2O2.C11H8O2.C2H4O2.CH4/c26-14-6-8-17-18-9-7-15(27)12-20(18)24-23(19(17)11-14)28-25(29-24)22-16-4-2-1-3-13(16)5-10-21(22)30;15-7-1-3-9-10-4-2-8(16)6-12(10)14(18)13(17)11(9)5-7;12-7-10-9-4-2-1-3-8(9)5-6-11(10)13;1-2(3)4;/h1-12,30H,(H,28,29);1-6H;1-7,13H;1H3,(H,3,4);1H4. The van der Waals surface area contributed by atoms with Gasteiger partial charge in [0.2, 0.25) is 11.6 Å². The van der Waals surface area contributed by atoms with E-state index in [1.807, 2.05) is 78.9 Å². The molecule has 0 saturated carbocycles. The fourth-order valence-corrected chi connectivity index (χ4v) is 9.27. The van der Waals surface area contributed by atoms with Crippen LogP contribution in [-0.2, 0) is 4.79 Å². The molecule has 9 nitrogen and oxygen atoms in total. The van der Waals surface area contributed by atoms with Crippen molar-refractivity contribution in [1.82, 2.24) is 9.97 Å². The normalized spacial score (nSPS) is 11.3. The Bertz CT molecular complexity index is 3440. The first-order valence-electron chi connectivity index (χ1n) is 19.7. The summed E-state index contributed by atoms with van der Waals surface area (Å²) in [6.07, 6.45) is 0.678. The van der Waals surface area contributed by atoms with Crippen molar-refractivity contribution in [3.05, 3.63) is 180 Å². The number of carboxylic acids is 1. The van der Waals surface area contributed by atoms with E-state index >= 15 is 0 Å². The molecule has 1 aliphatic rings. The number of halogens is 4. The molecule has 0 bridgehead atoms. The zero-order chi connectivity index (χ0) is 46.1. The molecule has 66 heavy (non-hydrogen) atoms. The van der Waals surface area contributed by atoms with E-state index in [1.165, 1.54) is 6.07 Å². The number of phenolic OH excluding ortho intramolecular Hbond substituents is 2. The summed E-state index contributed by atoms with van der Waals surface area (Å²) >= 11 is 13.8. The van der Waals surface area contributed by atoms with Gasteiger partial charge >= 0.3 is 0 Å². The summed E-state index contributed by atoms with van der Waals surface area (Å²) in [5.41, 5.74) is 5.47. The van der Waals surface area contributed by atoms with Gasteiger partial charge in [-0.3, -0.25) is 19.2 Å². The maximum Gasteiger partial charge on any atom is 0.300 e. The number of carbonyl (C=O) groups is 4. The fraction of sp³-hybridized carbons (Fsp3) is 0.0377. The topological polar surface area (TPSA) is 158 Å². The summed E-state index contributed by atoms with van der Waals surface area (Å²) in [4.78, 5) is 52.3. The van der Waals surface area contributed by atoms with E-state index in [4.69, 9.17) is 14.9 Å². The van der Waals surface area contributed by atoms with Crippen LogP contribution in [0.4, 0.5) is 0 Å². The molecular weight excluding hydrogens is 1100 g/mol. The van der Waals surface area contributed by atoms with Crippen molar-refractivity contribution in [3.8, 4) is 34.0 Å². The summed E-state index contributed by atoms with van der Waals surface area (Å²) in [6.45, 7) is 1.08. The summed E-state index contributed by atoms with van der Waals surface area (Å²) in [7, 11) is 0. The number of hydrogen-bond donors (Lipinski definition) is 4. The van der Waals surface area contributed by atoms with Gasteiger partial charge in [-0.2, -0.15) is 0 Å². The zero-order valence-electron chi connectivity index (χ0n) is 33.9. The molecule has 11 rings (SSSR count). The summed E-state index contributed by atoms with van der Waals surface area (Å²) < 4.78 is 3.60. The number of rotatable bonds is 2. The van der Waals surface area contributed by atoms with E-state index in [0.717, 1.165) is 95.6 Å². The number of aromatic hydroxyl groups is 2. The Morgan fingerprint density at radius 2 is 1.00 bits per heavy atom. The molecule has 0 radical (unpaired) electrons. The molecule has 0 saturated heterocycles. The molecule has 0 fully saturated rings. The molecule has 0 unspecified atom stereocenters. The Hall–Kier alpha value is -6.51. The molecule has 1 aliphatic carbocycles. The lowest BCUT2D eigenvalue weighted by Gasteiger charge is -2.18. The quantitative estimate of drug-likeness (QED) is 0.0757. The van der Waals surface area contributed by atoms with Gasteiger partial charge in [-0.25, -0.2) is 4.98 Å². The van der Waals surface area contributed by atoms with Crippen LogP contribution in [0.2, 0.25) is 0 Å². The van der Waals surface area contributed by atoms with Crippen molar-refractivity contribution in [2.75, 3.05) is 0 Å². The lowest BCUT2D eigenvalue weighted by atomic mass is 9.84. The van der Waals surface area contributed by atoms with Crippen molar-refractivity contribution in [1.29, 1.82) is 0 Å². The van der Waals surface area contributed by atoms with Crippen LogP contribution < -0.4 is 0 Å². The van der Waals surface area contributed by atoms with Gasteiger partial charge in [-0.1, -0.05) is 156 Å². The number of H-pyrrole nitrogens is 1. The number of carbonyl (C=O) groups excluding carboxylic acids is 3. The summed E-state index contributed by atoms with van der Waals surface area (Å²) in [6, 6.07) is 45.9. The van der Waals surface area contributed by atoms with E-state index in [-0.39, 0.29) is 18.9 Å². The maximum atomic E-state index is 12.1. The average molecular weight is 1130 g/mol. The number of hydrogen-bond acceptors (Lipinski definition) is 7. The van der Waals surface area contributed by atoms with Crippen molar-refractivity contribution < 1.29 is 34.5 Å². The molecule has 0 spiro atoms. The highest BCUT2D eigenvalue weighted by molar-refractivity contribution is 9.11. The van der Waals surface area contributed by atoms with Crippen LogP contribution >= 0.6 is 63.7 Å². The van der Waals surface area contributed by atoms with Crippen LogP contribution in [0.15, 0.2) is 163 Å². The highest BCUT2D eigenvalue weighted by Crippen LogP contribution is 2.41. The Morgan fingerprint density at radius 3 is 1.56 bits per heavy atom. The third-order valence-electron chi connectivity index (χ3n) is 10.6. The van der Waals surface area contributed by atoms with E-state index < -0.39 is 17.5 Å². The maximum absolute atomic E-state index is 12.1. The number of imidazole rings is 1. The monoisotopic (exact) mass is 1130 g/mol. The van der Waals surface area contributed by atoms with Gasteiger partial charge in [0.15, 0.2) is 6.29 Å². The summed E-state index contributed by atoms with van der Waals surface area (Å²) in [5.74, 6) is -0.820. The van der Waals surface area contributed by atoms with Gasteiger partial charge in [0.25, 0.3) is 5.97 Å². The number of benzene rings is 9. The highest BCUT2D eigenvalue weighted by atomic mass is 79.9. The van der Waals surface area contributed by atoms with E-state index in [9.17, 15) is 24.6 Å². The number of aromatic nitrogens is 2. The van der Waals surface area contributed by atoms with E-state index in [1.54, 1.807) is 24.3 Å². The van der Waals surface area contributed by atoms with Gasteiger partial charge in [0, 0.05) is 46.7 Å². The number of phenols is 2. The number of fused-ring (bicyclic) bond motifs is 11. The fourth-order valence-electron chi connectivity index (χ4n) is 7.83. The van der Waals surface area contributed by atoms with Crippen molar-refractivity contribution >= 4 is 142 Å². The van der Waals surface area contributed by atoms with Crippen molar-refractivity contribution in [3.63, 3.8) is 0 Å². The van der Waals surface area contributed by atoms with Crippen LogP contribution in [-0.4, -0.2) is 49.1 Å². The first kappa shape index (κ1) is 47.5. The van der Waals surface area contributed by atoms with Gasteiger partial charge in [-0.15, -0.1) is 0 Å². The lowest BCUT2D eigenvalue weighted by Crippen LogP contribution is -2.21. The SMILES string of the molecule is C.CC(=O)O.O=C1C(=O)c2cc(Br)ccc2-c2ccc(Br)cc21.O=Cc1c(O)ccc2ccccc12.Oc1ccc2ccccc2c1-c1nc2c3cc(Br)ccc3c3ccc(Br)cc3c2[nH]1. The van der Waals surface area contributed by atoms with Crippen molar-refractivity contribution in [2.45, 2.75) is 14.4 Å². The predicted octanol–water partition coefficient (Wildman–Crippen LogP) is 15.3. The number of aliphatic carboxylic acids is 1. The zero-order valence-corrected chi connectivity index (χ0v) is 40.2. The second-order valence-corrected chi connectivity index (χ2v) is 18.4. The number of Topliss-reactive ketones (excluding diaryl/α,β-unsaturated/α-hetero) is 2. The van der Waals surface area contributed by atoms with Crippen molar-refractivity contribution in [2.24, 2.45) is 0 Å². The van der Waals surface area contributed by atoms with E-state index in [2.05, 4.69) is 105 Å². The molecule has 9 aromatic carbocycles. The molecule has 13 heteroatoms. The number of nitrogens with one attached hydrogen (secondary N) is 1. The van der Waals surface area contributed by atoms with Gasteiger partial charge in [0.05, 0.1) is 22.2 Å². The Labute approximate surface area is 411 Å². The van der Waals surface area contributed by atoms with Crippen LogP contribution in [0, 0.1) is 0 Å². The van der Waals surface area contributed by atoms with Crippen LogP contribution in [0.1, 0.15) is 45.4 Å². The largest absolute Gasteiger partial charge is 0.507 e. The molecular formula is C53H36Br4N2O7. The minimum atomic E-state index is -0.833. The Balaban J connectivity index is 0.000000153. The highest BCUT2D eigenvalue weighted by Gasteiger charge is 2.30. The van der Waals surface area contributed by atoms with Crippen LogP contribution in [0.3, 0.4) is 0 Å². The number of ketones is 2. The predicted molar refractivity (Wildman–Crippen MR) is 278 cm³/mol. The molecule has 328 valence electrons. The molecule has 0 amide bonds. The smallest absolute Gasteiger partial charge is 0.300 e. The van der Waals surface area contributed by atoms with Crippen LogP contribution in [0.25, 0.3) is 76.6 Å². The Morgan fingerprint density at radius 1 is 0.545 bits per heavy atom. The lowest BCUT2D eigenvalue weighted by molar-refractivity contribution is -0.134. The number of aldehydes is 1. The third-order valence-corrected chi connectivity index (χ3v) is 12.6. The third kappa shape index (κ3) is 9.43. The van der Waals surface area contributed by atoms with Gasteiger partial charge in [-0.05, 0) is 104 Å². The summed E-state index contributed by atoms with van der Waals surface area (Å²) in [5, 5.41) is 35.8. The Kier molecular flexibility index (Phi) is 14.3. The molecule has 0 atom stereocenters. The number of nitrogens with zero attached hydrogens (tertiary/aromatic N) is 1. The first-order valence-corrected chi connectivity index (χ1v) is 22.9. The molecule has 0 aliphatic heterocycles. The average Bonchev–Trinajstić information content (AvgIpc) is 3.74. The molecule has 4 N–H and O–H groups in total. The van der Waals surface area contributed by atoms with E-state index in [0.29, 0.717) is 28.8 Å². The second kappa shape index (κ2) is 19.9. The number of aromatic amines is 1. The minimum Gasteiger partial charge on any atom is -0.507 e. The number of carboxylic acid groups (broad SMARTS) is 1. The van der Waals surface area contributed by atoms with Gasteiger partial charge < -0.3 is 20.3 Å². The first-order chi connectivity index (χ1) is 31.2. The second-order valence-electron chi connectivity index (χ2n) is 14.8. The molecule has 1 aromatic heterocycles. The molecule has 1 heterocycles. The van der Waals surface area contributed by atoms with Crippen LogP contribution in [0.5, 0.6) is 11.5 Å². The minimum absolute atomic E-state index is 0. The molecule has 10 aromatic rings. The van der Waals surface area contributed by atoms with Gasteiger partial charge in [0.1, 0.15) is 17.3 Å².